The normalized spacial score (nSPS) is 14.9. The lowest BCUT2D eigenvalue weighted by atomic mass is 10.2. The second-order valence-electron chi connectivity index (χ2n) is 6.55. The largest absolute Gasteiger partial charge is 0.375 e. The van der Waals surface area contributed by atoms with Crippen molar-refractivity contribution >= 4 is 27.5 Å². The molecule has 1 aliphatic heterocycles. The van der Waals surface area contributed by atoms with E-state index in [1.54, 1.807) is 0 Å². The van der Waals surface area contributed by atoms with E-state index < -0.39 is 10.0 Å². The van der Waals surface area contributed by atoms with E-state index >= 15 is 0 Å². The summed E-state index contributed by atoms with van der Waals surface area (Å²) in [4.78, 5) is 12.3. The monoisotopic (exact) mass is 422 g/mol. The van der Waals surface area contributed by atoms with Crippen molar-refractivity contribution in [2.75, 3.05) is 26.2 Å². The van der Waals surface area contributed by atoms with Gasteiger partial charge in [0.25, 0.3) is 5.91 Å². The van der Waals surface area contributed by atoms with Gasteiger partial charge >= 0.3 is 0 Å². The van der Waals surface area contributed by atoms with E-state index in [-0.39, 0.29) is 21.4 Å². The molecule has 1 saturated heterocycles. The van der Waals surface area contributed by atoms with Crippen LogP contribution >= 0.6 is 11.6 Å². The number of nitrogens with zero attached hydrogens (tertiary/aromatic N) is 1. The van der Waals surface area contributed by atoms with Crippen molar-refractivity contribution in [3.05, 3.63) is 64.7 Å². The molecule has 0 radical (unpaired) electrons. The molecular formula is C20H23ClN2O4S. The molecule has 1 heterocycles. The number of halogens is 1. The second kappa shape index (κ2) is 9.52. The van der Waals surface area contributed by atoms with E-state index in [2.05, 4.69) is 5.32 Å². The third kappa shape index (κ3) is 5.11. The molecule has 0 atom stereocenters. The van der Waals surface area contributed by atoms with Crippen molar-refractivity contribution in [1.29, 1.82) is 0 Å². The first kappa shape index (κ1) is 20.8. The zero-order valence-corrected chi connectivity index (χ0v) is 17.0. The highest BCUT2D eigenvalue weighted by molar-refractivity contribution is 7.89. The Hall–Kier alpha value is -1.93. The zero-order valence-electron chi connectivity index (χ0n) is 15.4. The van der Waals surface area contributed by atoms with Crippen LogP contribution in [0.15, 0.2) is 53.4 Å². The molecule has 0 aliphatic carbocycles. The molecule has 28 heavy (non-hydrogen) atoms. The van der Waals surface area contributed by atoms with Crippen LogP contribution in [0.5, 0.6) is 0 Å². The SMILES string of the molecule is O=C(NCCOCc1ccccc1)c1ccc(Cl)c(S(=O)(=O)N2CCCC2)c1. The number of carbonyl (C=O) groups is 1. The van der Waals surface area contributed by atoms with Gasteiger partial charge in [-0.2, -0.15) is 4.31 Å². The number of hydrogen-bond donors (Lipinski definition) is 1. The molecule has 6 nitrogen and oxygen atoms in total. The van der Waals surface area contributed by atoms with Crippen molar-refractivity contribution in [2.24, 2.45) is 0 Å². The van der Waals surface area contributed by atoms with Gasteiger partial charge in [0.05, 0.1) is 18.2 Å². The van der Waals surface area contributed by atoms with Crippen molar-refractivity contribution in [1.82, 2.24) is 9.62 Å². The topological polar surface area (TPSA) is 75.7 Å². The summed E-state index contributed by atoms with van der Waals surface area (Å²) < 4.78 is 32.4. The minimum absolute atomic E-state index is 0.0240. The van der Waals surface area contributed by atoms with Crippen LogP contribution in [-0.4, -0.2) is 44.9 Å². The number of hydrogen-bond acceptors (Lipinski definition) is 4. The molecule has 1 N–H and O–H groups in total. The van der Waals surface area contributed by atoms with E-state index in [0.717, 1.165) is 18.4 Å². The summed E-state index contributed by atoms with van der Waals surface area (Å²) in [7, 11) is -3.69. The van der Waals surface area contributed by atoms with E-state index in [4.69, 9.17) is 16.3 Å². The number of sulfonamides is 1. The van der Waals surface area contributed by atoms with Crippen molar-refractivity contribution in [3.8, 4) is 0 Å². The molecule has 3 rings (SSSR count). The number of carbonyl (C=O) groups excluding carboxylic acids is 1. The maximum atomic E-state index is 12.8. The van der Waals surface area contributed by atoms with Crippen molar-refractivity contribution in [3.63, 3.8) is 0 Å². The van der Waals surface area contributed by atoms with E-state index in [0.29, 0.717) is 32.8 Å². The minimum atomic E-state index is -3.69. The van der Waals surface area contributed by atoms with Gasteiger partial charge in [0, 0.05) is 25.2 Å². The third-order valence-corrected chi connectivity index (χ3v) is 6.90. The van der Waals surface area contributed by atoms with Crippen molar-refractivity contribution in [2.45, 2.75) is 24.3 Å². The summed E-state index contributed by atoms with van der Waals surface area (Å²) in [6, 6.07) is 14.1. The van der Waals surface area contributed by atoms with Crippen LogP contribution in [0.3, 0.4) is 0 Å². The average molecular weight is 423 g/mol. The molecule has 8 heteroatoms. The van der Waals surface area contributed by atoms with Crippen LogP contribution in [-0.2, 0) is 21.4 Å². The fraction of sp³-hybridized carbons (Fsp3) is 0.350. The van der Waals surface area contributed by atoms with Gasteiger partial charge in [-0.1, -0.05) is 41.9 Å². The lowest BCUT2D eigenvalue weighted by Gasteiger charge is -2.17. The molecular weight excluding hydrogens is 400 g/mol. The Morgan fingerprint density at radius 3 is 2.54 bits per heavy atom. The average Bonchev–Trinajstić information content (AvgIpc) is 3.24. The predicted molar refractivity (Wildman–Crippen MR) is 108 cm³/mol. The van der Waals surface area contributed by atoms with Crippen LogP contribution in [0, 0.1) is 0 Å². The highest BCUT2D eigenvalue weighted by Crippen LogP contribution is 2.28. The molecule has 1 fully saturated rings. The van der Waals surface area contributed by atoms with Crippen LogP contribution in [0.2, 0.25) is 5.02 Å². The molecule has 0 saturated carbocycles. The van der Waals surface area contributed by atoms with Gasteiger partial charge in [0.1, 0.15) is 4.90 Å². The standard InChI is InChI=1S/C20H23ClN2O4S/c21-18-9-8-17(14-19(18)28(25,26)23-11-4-5-12-23)20(24)22-10-13-27-15-16-6-2-1-3-7-16/h1-3,6-9,14H,4-5,10-13,15H2,(H,22,24). The number of ether oxygens (including phenoxy) is 1. The molecule has 150 valence electrons. The zero-order chi connectivity index (χ0) is 20.0. The molecule has 0 bridgehead atoms. The van der Waals surface area contributed by atoms with Gasteiger partial charge in [-0.25, -0.2) is 8.42 Å². The molecule has 0 unspecified atom stereocenters. The fourth-order valence-corrected chi connectivity index (χ4v) is 5.03. The Morgan fingerprint density at radius 1 is 1.11 bits per heavy atom. The van der Waals surface area contributed by atoms with Gasteiger partial charge in [0.2, 0.25) is 10.0 Å². The maximum Gasteiger partial charge on any atom is 0.251 e. The molecule has 2 aromatic carbocycles. The Kier molecular flexibility index (Phi) is 7.07. The first-order chi connectivity index (χ1) is 13.5. The summed E-state index contributed by atoms with van der Waals surface area (Å²) in [6.07, 6.45) is 1.67. The number of nitrogens with one attached hydrogen (secondary N) is 1. The van der Waals surface area contributed by atoms with Gasteiger partial charge in [-0.05, 0) is 36.6 Å². The van der Waals surface area contributed by atoms with Crippen LogP contribution in [0.1, 0.15) is 28.8 Å². The smallest absolute Gasteiger partial charge is 0.251 e. The van der Waals surface area contributed by atoms with Gasteiger partial charge in [-0.15, -0.1) is 0 Å². The highest BCUT2D eigenvalue weighted by atomic mass is 35.5. The fourth-order valence-electron chi connectivity index (χ4n) is 3.01. The van der Waals surface area contributed by atoms with Crippen molar-refractivity contribution < 1.29 is 17.9 Å². The van der Waals surface area contributed by atoms with Crippen LogP contribution in [0.25, 0.3) is 0 Å². The Labute approximate surface area is 170 Å². The summed E-state index contributed by atoms with van der Waals surface area (Å²) in [5.41, 5.74) is 1.31. The minimum Gasteiger partial charge on any atom is -0.375 e. The Bertz CT molecular complexity index is 913. The molecule has 0 spiro atoms. The van der Waals surface area contributed by atoms with E-state index in [1.807, 2.05) is 30.3 Å². The maximum absolute atomic E-state index is 12.8. The molecule has 2 aromatic rings. The molecule has 1 amide bonds. The first-order valence-corrected chi connectivity index (χ1v) is 11.0. The Balaban J connectivity index is 1.56. The summed E-state index contributed by atoms with van der Waals surface area (Å²) in [5.74, 6) is -0.363. The van der Waals surface area contributed by atoms with Crippen LogP contribution < -0.4 is 5.32 Å². The number of rotatable bonds is 8. The first-order valence-electron chi connectivity index (χ1n) is 9.18. The van der Waals surface area contributed by atoms with Gasteiger partial charge in [0.15, 0.2) is 0 Å². The predicted octanol–water partition coefficient (Wildman–Crippen LogP) is 3.07. The Morgan fingerprint density at radius 2 is 1.82 bits per heavy atom. The number of benzene rings is 2. The van der Waals surface area contributed by atoms with E-state index in [9.17, 15) is 13.2 Å². The van der Waals surface area contributed by atoms with Gasteiger partial charge < -0.3 is 10.1 Å². The third-order valence-electron chi connectivity index (χ3n) is 4.52. The summed E-state index contributed by atoms with van der Waals surface area (Å²) in [6.45, 7) is 2.10. The highest BCUT2D eigenvalue weighted by Gasteiger charge is 2.29. The molecule has 1 aliphatic rings. The van der Waals surface area contributed by atoms with Gasteiger partial charge in [-0.3, -0.25) is 4.79 Å². The number of amides is 1. The van der Waals surface area contributed by atoms with E-state index in [1.165, 1.54) is 22.5 Å². The van der Waals surface area contributed by atoms with Crippen LogP contribution in [0.4, 0.5) is 0 Å². The summed E-state index contributed by atoms with van der Waals surface area (Å²) in [5, 5.41) is 2.86. The lowest BCUT2D eigenvalue weighted by Crippen LogP contribution is -2.29. The molecule has 0 aromatic heterocycles. The second-order valence-corrected chi connectivity index (χ2v) is 8.86. The lowest BCUT2D eigenvalue weighted by molar-refractivity contribution is 0.0900. The summed E-state index contributed by atoms with van der Waals surface area (Å²) >= 11 is 6.11. The quantitative estimate of drug-likeness (QED) is 0.663.